The van der Waals surface area contributed by atoms with Gasteiger partial charge in [0, 0.05) is 77.4 Å². The van der Waals surface area contributed by atoms with Gasteiger partial charge in [-0.15, -0.1) is 68.0 Å². The number of rotatable bonds is 26. The summed E-state index contributed by atoms with van der Waals surface area (Å²) in [4.78, 5) is 23.7. The van der Waals surface area contributed by atoms with E-state index in [1.165, 1.54) is 118 Å². The molecule has 0 N–H and O–H groups in total. The van der Waals surface area contributed by atoms with Crippen molar-refractivity contribution >= 4 is 104 Å². The topological polar surface area (TPSA) is 54.0 Å². The van der Waals surface area contributed by atoms with E-state index < -0.39 is 11.8 Å². The average molecular weight is 1050 g/mol. The lowest BCUT2D eigenvalue weighted by atomic mass is 9.92. The second-order valence-corrected chi connectivity index (χ2v) is 27.0. The summed E-state index contributed by atoms with van der Waals surface area (Å²) in [5, 5.41) is 3.13. The van der Waals surface area contributed by atoms with E-state index in [9.17, 15) is 4.79 Å². The van der Waals surface area contributed by atoms with Crippen molar-refractivity contribution in [1.29, 1.82) is 0 Å². The van der Waals surface area contributed by atoms with Gasteiger partial charge in [-0.25, -0.2) is 9.18 Å². The van der Waals surface area contributed by atoms with Crippen LogP contribution in [-0.4, -0.2) is 52.2 Å². The van der Waals surface area contributed by atoms with Gasteiger partial charge in [-0.3, -0.25) is 0 Å². The largest absolute Gasteiger partial charge is 0.459 e. The molecule has 0 bridgehead atoms. The molecule has 6 heterocycles. The van der Waals surface area contributed by atoms with Gasteiger partial charge in [0.15, 0.2) is 5.82 Å². The minimum Gasteiger partial charge on any atom is -0.459 e. The Kier molecular flexibility index (Phi) is 19.2. The molecule has 0 fully saturated rings. The summed E-state index contributed by atoms with van der Waals surface area (Å²) < 4.78 is 42.5. The van der Waals surface area contributed by atoms with E-state index in [0.29, 0.717) is 50.3 Å². The molecule has 0 saturated heterocycles. The zero-order chi connectivity index (χ0) is 49.5. The van der Waals surface area contributed by atoms with Crippen LogP contribution in [0.3, 0.4) is 0 Å². The van der Waals surface area contributed by atoms with Gasteiger partial charge in [-0.1, -0.05) is 121 Å². The molecule has 0 aliphatic rings. The van der Waals surface area contributed by atoms with E-state index in [0.717, 1.165) is 32.2 Å². The third kappa shape index (κ3) is 12.8. The predicted molar refractivity (Wildman–Crippen MR) is 302 cm³/mol. The highest BCUT2D eigenvalue weighted by molar-refractivity contribution is 7.32. The molecule has 2 unspecified atom stereocenters. The molecule has 7 aromatic rings. The Labute approximate surface area is 435 Å². The average Bonchev–Trinajstić information content (AvgIpc) is 4.18. The number of esters is 1. The maximum atomic E-state index is 16.9. The zero-order valence-corrected chi connectivity index (χ0v) is 47.9. The second-order valence-electron chi connectivity index (χ2n) is 20.5. The van der Waals surface area contributed by atoms with Gasteiger partial charge in [-0.05, 0) is 78.8 Å². The minimum absolute atomic E-state index is 0.0148. The number of hydrogen-bond acceptors (Lipinski definition) is 11. The lowest BCUT2D eigenvalue weighted by molar-refractivity contribution is 0.00184. The number of unbranched alkanes of at least 4 members (excludes halogenated alkanes) is 2. The van der Waals surface area contributed by atoms with Crippen molar-refractivity contribution in [2.24, 2.45) is 11.8 Å². The van der Waals surface area contributed by atoms with Crippen LogP contribution in [0, 0.1) is 17.7 Å². The number of carbonyl (C=O) groups is 1. The van der Waals surface area contributed by atoms with E-state index in [1.54, 1.807) is 11.3 Å². The Bertz CT molecular complexity index is 2650. The normalized spacial score (nSPS) is 13.4. The van der Waals surface area contributed by atoms with E-state index >= 15 is 4.39 Å². The molecule has 0 aliphatic carbocycles. The summed E-state index contributed by atoms with van der Waals surface area (Å²) in [6.07, 6.45) is 12.2. The third-order valence-corrected chi connectivity index (χ3v) is 21.1. The summed E-state index contributed by atoms with van der Waals surface area (Å²) in [6, 6.07) is 14.4. The van der Waals surface area contributed by atoms with Gasteiger partial charge in [-0.2, -0.15) is 0 Å². The summed E-state index contributed by atoms with van der Waals surface area (Å²) >= 11 is 10.6. The number of ether oxygens (including phenoxy) is 4. The van der Waals surface area contributed by atoms with Crippen molar-refractivity contribution in [3.05, 3.63) is 66.6 Å². The van der Waals surface area contributed by atoms with Crippen LogP contribution >= 0.6 is 68.0 Å². The van der Waals surface area contributed by atoms with Crippen molar-refractivity contribution in [2.75, 3.05) is 46.2 Å². The van der Waals surface area contributed by atoms with Crippen LogP contribution in [0.15, 0.2) is 36.4 Å². The van der Waals surface area contributed by atoms with Crippen LogP contribution in [0.1, 0.15) is 157 Å². The summed E-state index contributed by atoms with van der Waals surface area (Å²) in [5.74, 6) is 0.229. The zero-order valence-electron chi connectivity index (χ0n) is 43.0. The van der Waals surface area contributed by atoms with Gasteiger partial charge < -0.3 is 18.9 Å². The standard InChI is InChI=1S/C57H75FO5S6/c1-12-17-19-35(14-3)31-37-21-23-41(64-37)45-39-33-43(51-52-47(54(69-51)57(9,10)11)48(58)53(68-52)55(59)63-30-29-62-28-27-61-26-25-60-16-5)66-49(39)46(40-34-44(56(6,7)8)67-50(40)45)42-24-22-38(65-42)32-36(15-4)20-18-13-2/h21-24,33-36H,12-20,25-32H2,1-11H3. The Morgan fingerprint density at radius 1 is 0.594 bits per heavy atom. The van der Waals surface area contributed by atoms with Crippen molar-refractivity contribution in [3.8, 4) is 30.6 Å². The van der Waals surface area contributed by atoms with Crippen LogP contribution in [0.4, 0.5) is 4.39 Å². The first-order valence-corrected chi connectivity index (χ1v) is 30.4. The fraction of sp³-hybridized carbons (Fsp3) is 0.561. The molecule has 0 amide bonds. The first-order chi connectivity index (χ1) is 33.1. The fourth-order valence-electron chi connectivity index (χ4n) is 9.08. The summed E-state index contributed by atoms with van der Waals surface area (Å²) in [7, 11) is 0. The number of fused-ring (bicyclic) bond motifs is 3. The van der Waals surface area contributed by atoms with Gasteiger partial charge in [0.05, 0.1) is 42.6 Å². The highest BCUT2D eigenvalue weighted by Crippen LogP contribution is 2.57. The van der Waals surface area contributed by atoms with E-state index in [-0.39, 0.29) is 28.9 Å². The number of carbonyl (C=O) groups excluding carboxylic acids is 1. The second kappa shape index (κ2) is 24.5. The van der Waals surface area contributed by atoms with E-state index in [4.69, 9.17) is 18.9 Å². The Morgan fingerprint density at radius 2 is 1.13 bits per heavy atom. The lowest BCUT2D eigenvalue weighted by Gasteiger charge is -2.16. The van der Waals surface area contributed by atoms with Crippen LogP contribution in [0.25, 0.3) is 60.9 Å². The first kappa shape index (κ1) is 54.3. The van der Waals surface area contributed by atoms with Crippen molar-refractivity contribution in [3.63, 3.8) is 0 Å². The van der Waals surface area contributed by atoms with Gasteiger partial charge >= 0.3 is 5.97 Å². The molecular formula is C57H75FO5S6. The molecule has 7 rings (SSSR count). The smallest absolute Gasteiger partial charge is 0.351 e. The number of hydrogen-bond donors (Lipinski definition) is 0. The molecule has 1 aromatic carbocycles. The van der Waals surface area contributed by atoms with Gasteiger partial charge in [0.1, 0.15) is 11.5 Å². The predicted octanol–water partition coefficient (Wildman–Crippen LogP) is 19.0. The quantitative estimate of drug-likeness (QED) is 0.0400. The monoisotopic (exact) mass is 1050 g/mol. The minimum atomic E-state index is -0.654. The first-order valence-electron chi connectivity index (χ1n) is 25.5. The van der Waals surface area contributed by atoms with Crippen LogP contribution in [0.2, 0.25) is 0 Å². The third-order valence-electron chi connectivity index (χ3n) is 13.1. The van der Waals surface area contributed by atoms with Crippen LogP contribution in [0.5, 0.6) is 0 Å². The molecule has 5 nitrogen and oxygen atoms in total. The lowest BCUT2D eigenvalue weighted by Crippen LogP contribution is -2.14. The van der Waals surface area contributed by atoms with E-state index in [1.807, 2.05) is 52.3 Å². The highest BCUT2D eigenvalue weighted by Gasteiger charge is 2.33. The number of thiophene rings is 6. The van der Waals surface area contributed by atoms with E-state index in [2.05, 4.69) is 106 Å². The highest BCUT2D eigenvalue weighted by atomic mass is 32.1. The molecule has 376 valence electrons. The van der Waals surface area contributed by atoms with Crippen LogP contribution in [-0.2, 0) is 42.6 Å². The molecule has 0 spiro atoms. The molecule has 6 aromatic heterocycles. The van der Waals surface area contributed by atoms with Crippen LogP contribution < -0.4 is 0 Å². The molecule has 69 heavy (non-hydrogen) atoms. The molecule has 12 heteroatoms. The molecule has 0 radical (unpaired) electrons. The maximum Gasteiger partial charge on any atom is 0.351 e. The molecule has 0 aliphatic heterocycles. The van der Waals surface area contributed by atoms with Gasteiger partial charge in [0.25, 0.3) is 0 Å². The van der Waals surface area contributed by atoms with Gasteiger partial charge in [0.2, 0.25) is 0 Å². The van der Waals surface area contributed by atoms with Crippen molar-refractivity contribution < 1.29 is 28.1 Å². The fourth-order valence-corrected chi connectivity index (χ4v) is 16.9. The summed E-state index contributed by atoms with van der Waals surface area (Å²) in [5.41, 5.74) is 2.26. The number of halogens is 1. The molecular weight excluding hydrogens is 976 g/mol. The number of benzene rings is 1. The maximum absolute atomic E-state index is 16.9. The van der Waals surface area contributed by atoms with Crippen molar-refractivity contribution in [2.45, 2.75) is 151 Å². The Hall–Kier alpha value is -2.52. The molecule has 0 saturated carbocycles. The summed E-state index contributed by atoms with van der Waals surface area (Å²) in [6.45, 7) is 27.4. The molecule has 2 atom stereocenters. The SMILES string of the molecule is CCCCC(CC)Cc1ccc(-c2c3cc(C(C)(C)C)sc3c(-c3ccc(CC(CC)CCCC)s3)c3cc(-c4sc(C(C)(C)C)c5c(F)c(C(=O)OCCOCCOCCOCC)sc45)sc23)s1. The Morgan fingerprint density at radius 3 is 1.65 bits per heavy atom. The van der Waals surface area contributed by atoms with Crippen molar-refractivity contribution in [1.82, 2.24) is 0 Å². The Balaban J connectivity index is 1.36.